The minimum atomic E-state index is -1.25. The van der Waals surface area contributed by atoms with Gasteiger partial charge in [0.1, 0.15) is 5.41 Å². The van der Waals surface area contributed by atoms with Gasteiger partial charge in [0.2, 0.25) is 11.8 Å². The number of carbonyl (C=O) groups excluding carboxylic acids is 2. The van der Waals surface area contributed by atoms with Crippen molar-refractivity contribution in [2.24, 2.45) is 5.41 Å². The van der Waals surface area contributed by atoms with Crippen molar-refractivity contribution < 1.29 is 9.59 Å². The fourth-order valence-corrected chi connectivity index (χ4v) is 2.13. The third-order valence-corrected chi connectivity index (χ3v) is 4.03. The van der Waals surface area contributed by atoms with Gasteiger partial charge < -0.3 is 10.6 Å². The molecule has 0 aliphatic heterocycles. The summed E-state index contributed by atoms with van der Waals surface area (Å²) in [6.07, 6.45) is 0.923. The highest BCUT2D eigenvalue weighted by Crippen LogP contribution is 2.22. The average Bonchev–Trinajstić information content (AvgIpc) is 2.62. The lowest BCUT2D eigenvalue weighted by atomic mass is 9.90. The van der Waals surface area contributed by atoms with E-state index >= 15 is 0 Å². The molecule has 2 N–H and O–H groups in total. The minimum Gasteiger partial charge on any atom is -0.325 e. The van der Waals surface area contributed by atoms with Crippen molar-refractivity contribution in [2.75, 3.05) is 10.6 Å². The van der Waals surface area contributed by atoms with Crippen molar-refractivity contribution in [3.8, 4) is 6.07 Å². The number of anilines is 2. The number of hydrogen-bond acceptors (Lipinski definition) is 3. The van der Waals surface area contributed by atoms with Crippen LogP contribution in [0.25, 0.3) is 0 Å². The van der Waals surface area contributed by atoms with Gasteiger partial charge in [-0.15, -0.1) is 0 Å². The van der Waals surface area contributed by atoms with Crippen molar-refractivity contribution >= 4 is 23.2 Å². The Labute approximate surface area is 147 Å². The van der Waals surface area contributed by atoms with Gasteiger partial charge in [0.05, 0.1) is 11.6 Å². The van der Waals surface area contributed by atoms with Crippen molar-refractivity contribution in [1.29, 1.82) is 5.26 Å². The van der Waals surface area contributed by atoms with Crippen LogP contribution in [0.4, 0.5) is 11.4 Å². The summed E-state index contributed by atoms with van der Waals surface area (Å²) in [5, 5.41) is 14.3. The van der Waals surface area contributed by atoms with E-state index in [0.717, 1.165) is 6.42 Å². The Kier molecular flexibility index (Phi) is 5.56. The van der Waals surface area contributed by atoms with Crippen LogP contribution >= 0.6 is 0 Å². The molecule has 0 fully saturated rings. The SMILES string of the molecule is CCc1ccc(NC(=O)C(C)(C)C(=O)Nc2ccc(C#N)cc2)cc1. The molecule has 0 atom stereocenters. The first kappa shape index (κ1) is 18.2. The van der Waals surface area contributed by atoms with Gasteiger partial charge in [0, 0.05) is 11.4 Å². The highest BCUT2D eigenvalue weighted by molar-refractivity contribution is 6.13. The monoisotopic (exact) mass is 335 g/mol. The summed E-state index contributed by atoms with van der Waals surface area (Å²) in [4.78, 5) is 25.0. The molecular weight excluding hydrogens is 314 g/mol. The van der Waals surface area contributed by atoms with Crippen LogP contribution < -0.4 is 10.6 Å². The first-order valence-electron chi connectivity index (χ1n) is 8.09. The second-order valence-corrected chi connectivity index (χ2v) is 6.27. The molecule has 5 nitrogen and oxygen atoms in total. The second kappa shape index (κ2) is 7.63. The average molecular weight is 335 g/mol. The second-order valence-electron chi connectivity index (χ2n) is 6.27. The van der Waals surface area contributed by atoms with Crippen LogP contribution in [0.15, 0.2) is 48.5 Å². The van der Waals surface area contributed by atoms with Crippen molar-refractivity contribution in [3.63, 3.8) is 0 Å². The van der Waals surface area contributed by atoms with Crippen LogP contribution in [-0.4, -0.2) is 11.8 Å². The molecule has 2 rings (SSSR count). The molecule has 0 heterocycles. The van der Waals surface area contributed by atoms with E-state index < -0.39 is 11.3 Å². The zero-order valence-electron chi connectivity index (χ0n) is 14.6. The first-order chi connectivity index (χ1) is 11.9. The van der Waals surface area contributed by atoms with E-state index in [0.29, 0.717) is 16.9 Å². The maximum atomic E-state index is 12.5. The van der Waals surface area contributed by atoms with E-state index in [4.69, 9.17) is 5.26 Å². The maximum Gasteiger partial charge on any atom is 0.239 e. The largest absolute Gasteiger partial charge is 0.325 e. The highest BCUT2D eigenvalue weighted by Gasteiger charge is 2.36. The molecule has 0 bridgehead atoms. The van der Waals surface area contributed by atoms with Gasteiger partial charge >= 0.3 is 0 Å². The fraction of sp³-hybridized carbons (Fsp3) is 0.250. The van der Waals surface area contributed by atoms with Crippen LogP contribution in [0.1, 0.15) is 31.9 Å². The van der Waals surface area contributed by atoms with E-state index in [2.05, 4.69) is 17.6 Å². The summed E-state index contributed by atoms with van der Waals surface area (Å²) in [5.41, 5.74) is 1.62. The van der Waals surface area contributed by atoms with Crippen molar-refractivity contribution in [1.82, 2.24) is 0 Å². The number of nitriles is 1. The summed E-state index contributed by atoms with van der Waals surface area (Å²) in [6, 6.07) is 16.0. The van der Waals surface area contributed by atoms with E-state index in [1.807, 2.05) is 30.3 Å². The molecule has 25 heavy (non-hydrogen) atoms. The lowest BCUT2D eigenvalue weighted by Gasteiger charge is -2.22. The van der Waals surface area contributed by atoms with Crippen LogP contribution in [0.2, 0.25) is 0 Å². The quantitative estimate of drug-likeness (QED) is 0.817. The molecule has 0 unspecified atom stereocenters. The maximum absolute atomic E-state index is 12.5. The van der Waals surface area contributed by atoms with Gasteiger partial charge in [-0.2, -0.15) is 5.26 Å². The Balaban J connectivity index is 2.05. The van der Waals surface area contributed by atoms with Gasteiger partial charge in [-0.25, -0.2) is 0 Å². The number of amides is 2. The molecule has 0 aliphatic rings. The smallest absolute Gasteiger partial charge is 0.239 e. The molecule has 128 valence electrons. The lowest BCUT2D eigenvalue weighted by Crippen LogP contribution is -2.41. The predicted molar refractivity (Wildman–Crippen MR) is 98.0 cm³/mol. The standard InChI is InChI=1S/C20H21N3O2/c1-4-14-5-9-16(10-6-14)22-18(24)20(2,3)19(25)23-17-11-7-15(13-21)8-12-17/h5-12H,4H2,1-3H3,(H,22,24)(H,23,25). The van der Waals surface area contributed by atoms with Crippen LogP contribution in [0, 0.1) is 16.7 Å². The van der Waals surface area contributed by atoms with E-state index in [9.17, 15) is 9.59 Å². The zero-order valence-corrected chi connectivity index (χ0v) is 14.6. The molecule has 0 spiro atoms. The van der Waals surface area contributed by atoms with Gasteiger partial charge in [-0.3, -0.25) is 9.59 Å². The predicted octanol–water partition coefficient (Wildman–Crippen LogP) is 3.72. The van der Waals surface area contributed by atoms with E-state index in [1.165, 1.54) is 5.56 Å². The molecular formula is C20H21N3O2. The molecule has 2 amide bonds. The molecule has 5 heteroatoms. The molecule has 0 saturated heterocycles. The van der Waals surface area contributed by atoms with Crippen LogP contribution in [0.3, 0.4) is 0 Å². The molecule has 0 saturated carbocycles. The Bertz CT molecular complexity index is 800. The molecule has 0 aromatic heterocycles. The van der Waals surface area contributed by atoms with Gasteiger partial charge in [0.25, 0.3) is 0 Å². The van der Waals surface area contributed by atoms with Gasteiger partial charge in [-0.05, 0) is 62.2 Å². The zero-order chi connectivity index (χ0) is 18.4. The first-order valence-corrected chi connectivity index (χ1v) is 8.09. The Morgan fingerprint density at radius 1 is 0.920 bits per heavy atom. The third kappa shape index (κ3) is 4.45. The third-order valence-electron chi connectivity index (χ3n) is 4.03. The molecule has 0 aliphatic carbocycles. The fourth-order valence-electron chi connectivity index (χ4n) is 2.13. The summed E-state index contributed by atoms with van der Waals surface area (Å²) < 4.78 is 0. The van der Waals surface area contributed by atoms with Crippen LogP contribution in [-0.2, 0) is 16.0 Å². The number of rotatable bonds is 5. The van der Waals surface area contributed by atoms with Crippen LogP contribution in [0.5, 0.6) is 0 Å². The normalized spacial score (nSPS) is 10.6. The Morgan fingerprint density at radius 3 is 1.76 bits per heavy atom. The molecule has 2 aromatic rings. The number of hydrogen-bond donors (Lipinski definition) is 2. The van der Waals surface area contributed by atoms with Gasteiger partial charge in [-0.1, -0.05) is 19.1 Å². The lowest BCUT2D eigenvalue weighted by molar-refractivity contribution is -0.135. The molecule has 0 radical (unpaired) electrons. The number of carbonyl (C=O) groups is 2. The number of nitrogens with zero attached hydrogens (tertiary/aromatic N) is 1. The van der Waals surface area contributed by atoms with E-state index in [1.54, 1.807) is 38.1 Å². The number of aryl methyl sites for hydroxylation is 1. The highest BCUT2D eigenvalue weighted by atomic mass is 16.2. The number of nitrogens with one attached hydrogen (secondary N) is 2. The van der Waals surface area contributed by atoms with Crippen molar-refractivity contribution in [2.45, 2.75) is 27.2 Å². The Hall–Kier alpha value is -3.13. The van der Waals surface area contributed by atoms with E-state index in [-0.39, 0.29) is 5.91 Å². The minimum absolute atomic E-state index is 0.386. The van der Waals surface area contributed by atoms with Crippen molar-refractivity contribution in [3.05, 3.63) is 59.7 Å². The molecule has 2 aromatic carbocycles. The summed E-state index contributed by atoms with van der Waals surface area (Å²) in [7, 11) is 0. The summed E-state index contributed by atoms with van der Waals surface area (Å²) in [5.74, 6) is -0.803. The summed E-state index contributed by atoms with van der Waals surface area (Å²) >= 11 is 0. The Morgan fingerprint density at radius 2 is 1.36 bits per heavy atom. The number of benzene rings is 2. The summed E-state index contributed by atoms with van der Waals surface area (Å²) in [6.45, 7) is 5.20. The topological polar surface area (TPSA) is 82.0 Å². The van der Waals surface area contributed by atoms with Gasteiger partial charge in [0.15, 0.2) is 0 Å².